The minimum atomic E-state index is -0.534. The van der Waals surface area contributed by atoms with Crippen LogP contribution in [0.5, 0.6) is 5.88 Å². The molecule has 5 N–H and O–H groups in total. The molecule has 2 aromatic carbocycles. The lowest BCUT2D eigenvalue weighted by Crippen LogP contribution is -2.29. The van der Waals surface area contributed by atoms with E-state index >= 15 is 0 Å². The van der Waals surface area contributed by atoms with Crippen LogP contribution in [0.1, 0.15) is 95.8 Å². The molecule has 3 amide bonds. The summed E-state index contributed by atoms with van der Waals surface area (Å²) < 4.78 is 5.64. The highest BCUT2D eigenvalue weighted by Crippen LogP contribution is 2.43. The number of aromatic nitrogens is 1. The Balaban J connectivity index is 0.000000422. The monoisotopic (exact) mass is 717 g/mol. The Labute approximate surface area is 309 Å². The number of likely N-dealkylation sites (N-methyl/N-ethyl adjacent to an activating group) is 1. The van der Waals surface area contributed by atoms with Crippen molar-refractivity contribution in [2.45, 2.75) is 98.4 Å². The van der Waals surface area contributed by atoms with Gasteiger partial charge in [0.15, 0.2) is 0 Å². The summed E-state index contributed by atoms with van der Waals surface area (Å²) in [5.41, 5.74) is 12.6. The number of nitrogens with two attached hydrogens (primary N) is 1. The SMILES string of the molecule is CC.CCC(C)CCC1CCC(=O)N1.CNC(=O)/C(=C\CN)C(=O)Nc1cccc(-c2cccc(-c3cc4c(c(OC)n3)C(C)CC4)c2Cl)c1C. The van der Waals surface area contributed by atoms with Gasteiger partial charge < -0.3 is 26.4 Å². The number of pyridine rings is 1. The zero-order chi connectivity index (χ0) is 37.7. The molecule has 3 unspecified atom stereocenters. The highest BCUT2D eigenvalue weighted by atomic mass is 35.5. The van der Waals surface area contributed by atoms with E-state index in [0.29, 0.717) is 28.5 Å². The number of hydrogen-bond donors (Lipinski definition) is 4. The Hall–Kier alpha value is -4.21. The predicted molar refractivity (Wildman–Crippen MR) is 209 cm³/mol. The molecule has 2 aliphatic rings. The number of anilines is 1. The van der Waals surface area contributed by atoms with E-state index < -0.39 is 11.8 Å². The van der Waals surface area contributed by atoms with Gasteiger partial charge in [0.1, 0.15) is 5.57 Å². The number of nitrogens with zero attached hydrogens (tertiary/aromatic N) is 1. The molecule has 1 fully saturated rings. The van der Waals surface area contributed by atoms with Gasteiger partial charge in [-0.2, -0.15) is 0 Å². The van der Waals surface area contributed by atoms with Gasteiger partial charge in [0.2, 0.25) is 11.8 Å². The van der Waals surface area contributed by atoms with Crippen LogP contribution < -0.4 is 26.4 Å². The first kappa shape index (κ1) is 41.2. The zero-order valence-corrected chi connectivity index (χ0v) is 32.3. The van der Waals surface area contributed by atoms with Gasteiger partial charge in [-0.15, -0.1) is 0 Å². The Bertz CT molecular complexity index is 1710. The van der Waals surface area contributed by atoms with Crippen LogP contribution in [-0.4, -0.2) is 49.4 Å². The van der Waals surface area contributed by atoms with Gasteiger partial charge >= 0.3 is 0 Å². The number of rotatable bonds is 11. The average molecular weight is 718 g/mol. The molecule has 3 aromatic rings. The molecule has 10 heteroatoms. The molecule has 1 aromatic heterocycles. The minimum absolute atomic E-state index is 0.0409. The maximum atomic E-state index is 12.8. The second-order valence-corrected chi connectivity index (χ2v) is 13.3. The number of hydrogen-bond acceptors (Lipinski definition) is 6. The van der Waals surface area contributed by atoms with Crippen LogP contribution in [0.25, 0.3) is 22.4 Å². The van der Waals surface area contributed by atoms with Gasteiger partial charge in [-0.25, -0.2) is 4.98 Å². The fraction of sp³-hybridized carbons (Fsp3) is 0.463. The molecular formula is C41H56ClN5O4. The standard InChI is InChI=1S/C29H31ClN4O3.C10H19NO.C2H6/c1-16-11-12-18-15-24(34-29(37-4)25(16)18)21-9-5-8-20(26(21)30)19-7-6-10-23(17(19)2)33-28(36)22(13-14-31)27(35)32-3;1-3-8(2)4-5-9-6-7-10(12)11-9;1-2/h5-10,13,15-16H,11-12,14,31H2,1-4H3,(H,32,35)(H,33,36);8-9H,3-7H2,1-2H3,(H,11,12);1-2H3/b22-13+;;. The molecule has 276 valence electrons. The van der Waals surface area contributed by atoms with Gasteiger partial charge in [-0.1, -0.05) is 89.0 Å². The summed E-state index contributed by atoms with van der Waals surface area (Å²) in [6.07, 6.45) is 8.91. The van der Waals surface area contributed by atoms with E-state index in [1.807, 2.05) is 51.1 Å². The molecule has 0 spiro atoms. The van der Waals surface area contributed by atoms with Crippen LogP contribution in [-0.2, 0) is 20.8 Å². The lowest BCUT2D eigenvalue weighted by Gasteiger charge is -2.17. The third-order valence-corrected chi connectivity index (χ3v) is 10.0. The number of benzene rings is 2. The van der Waals surface area contributed by atoms with Crippen molar-refractivity contribution in [1.29, 1.82) is 0 Å². The molecule has 5 rings (SSSR count). The quantitative estimate of drug-likeness (QED) is 0.0899. The van der Waals surface area contributed by atoms with Crippen molar-refractivity contribution in [3.8, 4) is 28.3 Å². The predicted octanol–water partition coefficient (Wildman–Crippen LogP) is 8.12. The van der Waals surface area contributed by atoms with Gasteiger partial charge in [-0.3, -0.25) is 14.4 Å². The van der Waals surface area contributed by atoms with Gasteiger partial charge in [-0.05, 0) is 79.7 Å². The largest absolute Gasteiger partial charge is 0.481 e. The Kier molecular flexibility index (Phi) is 16.2. The van der Waals surface area contributed by atoms with Gasteiger partial charge in [0.05, 0.1) is 17.8 Å². The molecule has 1 aliphatic heterocycles. The molecule has 2 heterocycles. The van der Waals surface area contributed by atoms with Crippen molar-refractivity contribution < 1.29 is 19.1 Å². The molecule has 1 aliphatic carbocycles. The minimum Gasteiger partial charge on any atom is -0.481 e. The van der Waals surface area contributed by atoms with Crippen LogP contribution in [0.4, 0.5) is 5.69 Å². The highest BCUT2D eigenvalue weighted by molar-refractivity contribution is 6.36. The smallest absolute Gasteiger partial charge is 0.260 e. The van der Waals surface area contributed by atoms with Crippen molar-refractivity contribution in [3.05, 3.63) is 75.8 Å². The molecule has 0 bridgehead atoms. The molecule has 0 saturated carbocycles. The van der Waals surface area contributed by atoms with Gasteiger partial charge in [0, 0.05) is 48.4 Å². The van der Waals surface area contributed by atoms with E-state index in [-0.39, 0.29) is 18.0 Å². The van der Waals surface area contributed by atoms with Crippen LogP contribution >= 0.6 is 11.6 Å². The Morgan fingerprint density at radius 3 is 2.41 bits per heavy atom. The van der Waals surface area contributed by atoms with E-state index in [1.54, 1.807) is 13.2 Å². The van der Waals surface area contributed by atoms with E-state index in [2.05, 4.69) is 42.8 Å². The van der Waals surface area contributed by atoms with Crippen molar-refractivity contribution in [2.24, 2.45) is 11.7 Å². The van der Waals surface area contributed by atoms with Gasteiger partial charge in [0.25, 0.3) is 11.8 Å². The van der Waals surface area contributed by atoms with Crippen molar-refractivity contribution in [3.63, 3.8) is 0 Å². The second kappa shape index (κ2) is 20.0. The third kappa shape index (κ3) is 10.4. The molecule has 9 nitrogen and oxygen atoms in total. The fourth-order valence-electron chi connectivity index (χ4n) is 6.44. The number of halogens is 1. The van der Waals surface area contributed by atoms with Crippen LogP contribution in [0.2, 0.25) is 5.02 Å². The van der Waals surface area contributed by atoms with Crippen LogP contribution in [0, 0.1) is 12.8 Å². The molecule has 51 heavy (non-hydrogen) atoms. The highest BCUT2D eigenvalue weighted by Gasteiger charge is 2.26. The molecule has 1 saturated heterocycles. The van der Waals surface area contributed by atoms with Crippen molar-refractivity contribution in [2.75, 3.05) is 26.0 Å². The summed E-state index contributed by atoms with van der Waals surface area (Å²) >= 11 is 6.99. The number of methoxy groups -OCH3 is 1. The number of ether oxygens (including phenoxy) is 1. The van der Waals surface area contributed by atoms with E-state index in [1.165, 1.54) is 43.5 Å². The number of fused-ring (bicyclic) bond motifs is 1. The topological polar surface area (TPSA) is 135 Å². The maximum Gasteiger partial charge on any atom is 0.260 e. The summed E-state index contributed by atoms with van der Waals surface area (Å²) in [7, 11) is 3.11. The first-order valence-electron chi connectivity index (χ1n) is 18.2. The Morgan fingerprint density at radius 1 is 1.10 bits per heavy atom. The number of nitrogens with one attached hydrogen (secondary N) is 3. The van der Waals surface area contributed by atoms with Crippen molar-refractivity contribution in [1.82, 2.24) is 15.6 Å². The van der Waals surface area contributed by atoms with Crippen LogP contribution in [0.15, 0.2) is 54.1 Å². The Morgan fingerprint density at radius 2 is 1.78 bits per heavy atom. The molecule has 3 atom stereocenters. The van der Waals surface area contributed by atoms with E-state index in [4.69, 9.17) is 27.1 Å². The summed E-state index contributed by atoms with van der Waals surface area (Å²) in [5.74, 6) is 1.08. The molecule has 0 radical (unpaired) electrons. The first-order chi connectivity index (χ1) is 24.5. The average Bonchev–Trinajstić information content (AvgIpc) is 3.75. The lowest BCUT2D eigenvalue weighted by atomic mass is 9.95. The normalized spacial score (nSPS) is 16.8. The zero-order valence-electron chi connectivity index (χ0n) is 31.5. The summed E-state index contributed by atoms with van der Waals surface area (Å²) in [5, 5.41) is 8.86. The summed E-state index contributed by atoms with van der Waals surface area (Å²) in [6.45, 7) is 12.7. The maximum absolute atomic E-state index is 12.8. The second-order valence-electron chi connectivity index (χ2n) is 13.0. The van der Waals surface area contributed by atoms with Crippen molar-refractivity contribution >= 4 is 35.0 Å². The number of carbonyl (C=O) groups excluding carboxylic acids is 3. The first-order valence-corrected chi connectivity index (χ1v) is 18.6. The van der Waals surface area contributed by atoms with Crippen LogP contribution in [0.3, 0.4) is 0 Å². The lowest BCUT2D eigenvalue weighted by molar-refractivity contribution is -0.121. The van der Waals surface area contributed by atoms with E-state index in [0.717, 1.165) is 59.5 Å². The number of aryl methyl sites for hydroxylation is 1. The third-order valence-electron chi connectivity index (χ3n) is 9.62. The number of carbonyl (C=O) groups is 3. The van der Waals surface area contributed by atoms with E-state index in [9.17, 15) is 14.4 Å². The number of amides is 3. The summed E-state index contributed by atoms with van der Waals surface area (Å²) in [4.78, 5) is 40.6. The molecular weight excluding hydrogens is 662 g/mol. The fourth-order valence-corrected chi connectivity index (χ4v) is 6.77. The summed E-state index contributed by atoms with van der Waals surface area (Å²) in [6, 6.07) is 14.0.